The van der Waals surface area contributed by atoms with Crippen LogP contribution in [0.5, 0.6) is 0 Å². The molecule has 0 saturated carbocycles. The molecule has 0 aliphatic carbocycles. The van der Waals surface area contributed by atoms with E-state index in [1.807, 2.05) is 41.3 Å². The first-order valence-electron chi connectivity index (χ1n) is 9.28. The summed E-state index contributed by atoms with van der Waals surface area (Å²) < 4.78 is 0. The summed E-state index contributed by atoms with van der Waals surface area (Å²) in [7, 11) is 0. The van der Waals surface area contributed by atoms with E-state index in [9.17, 15) is 9.59 Å². The van der Waals surface area contributed by atoms with Gasteiger partial charge in [0.25, 0.3) is 5.91 Å². The molecule has 0 unspecified atom stereocenters. The summed E-state index contributed by atoms with van der Waals surface area (Å²) >= 11 is 1.58. The van der Waals surface area contributed by atoms with Crippen molar-refractivity contribution >= 4 is 23.2 Å². The van der Waals surface area contributed by atoms with Crippen molar-refractivity contribution in [2.75, 3.05) is 13.1 Å². The van der Waals surface area contributed by atoms with Crippen molar-refractivity contribution < 1.29 is 9.59 Å². The number of aryl methyl sites for hydroxylation is 2. The Morgan fingerprint density at radius 3 is 2.50 bits per heavy atom. The molecule has 1 fully saturated rings. The summed E-state index contributed by atoms with van der Waals surface area (Å²) in [6.07, 6.45) is 2.42. The van der Waals surface area contributed by atoms with Gasteiger partial charge in [0.2, 0.25) is 5.91 Å². The summed E-state index contributed by atoms with van der Waals surface area (Å²) in [5.41, 5.74) is 2.36. The van der Waals surface area contributed by atoms with Gasteiger partial charge in [-0.1, -0.05) is 37.3 Å². The number of hydrogen-bond acceptors (Lipinski definition) is 3. The van der Waals surface area contributed by atoms with Gasteiger partial charge < -0.3 is 10.2 Å². The molecule has 2 heterocycles. The highest BCUT2D eigenvalue weighted by Gasteiger charge is 2.28. The van der Waals surface area contributed by atoms with Gasteiger partial charge in [-0.25, -0.2) is 0 Å². The van der Waals surface area contributed by atoms with E-state index in [2.05, 4.69) is 19.2 Å². The van der Waals surface area contributed by atoms with E-state index in [1.54, 1.807) is 11.3 Å². The zero-order valence-corrected chi connectivity index (χ0v) is 16.3. The zero-order valence-electron chi connectivity index (χ0n) is 15.5. The lowest BCUT2D eigenvalue weighted by atomic mass is 9.95. The van der Waals surface area contributed by atoms with Gasteiger partial charge in [0.15, 0.2) is 0 Å². The predicted molar refractivity (Wildman–Crippen MR) is 105 cm³/mol. The van der Waals surface area contributed by atoms with Crippen LogP contribution >= 0.6 is 11.3 Å². The number of carbonyl (C=O) groups is 2. The molecule has 2 aromatic rings. The number of likely N-dealkylation sites (tertiary alicyclic amines) is 1. The first-order valence-corrected chi connectivity index (χ1v) is 10.1. The van der Waals surface area contributed by atoms with Gasteiger partial charge in [0, 0.05) is 30.4 Å². The second-order valence-electron chi connectivity index (χ2n) is 6.82. The molecule has 26 heavy (non-hydrogen) atoms. The fourth-order valence-electron chi connectivity index (χ4n) is 3.41. The molecule has 0 atom stereocenters. The molecule has 4 nitrogen and oxygen atoms in total. The molecule has 0 radical (unpaired) electrons. The normalized spacial score (nSPS) is 15.1. The highest BCUT2D eigenvalue weighted by Crippen LogP contribution is 2.26. The number of nitrogens with one attached hydrogen (secondary N) is 1. The lowest BCUT2D eigenvalue weighted by molar-refractivity contribution is -0.126. The third-order valence-electron chi connectivity index (χ3n) is 5.07. The fraction of sp³-hybridized carbons (Fsp3) is 0.429. The maximum atomic E-state index is 12.7. The van der Waals surface area contributed by atoms with Crippen molar-refractivity contribution in [2.24, 2.45) is 5.92 Å². The minimum absolute atomic E-state index is 0.000892. The van der Waals surface area contributed by atoms with Crippen molar-refractivity contribution in [3.8, 4) is 0 Å². The minimum Gasteiger partial charge on any atom is -0.352 e. The zero-order chi connectivity index (χ0) is 18.5. The third kappa shape index (κ3) is 4.33. The van der Waals surface area contributed by atoms with Crippen LogP contribution in [0.2, 0.25) is 0 Å². The van der Waals surface area contributed by atoms with Crippen molar-refractivity contribution in [2.45, 2.75) is 39.7 Å². The van der Waals surface area contributed by atoms with E-state index in [0.29, 0.717) is 19.6 Å². The van der Waals surface area contributed by atoms with Gasteiger partial charge >= 0.3 is 0 Å². The Morgan fingerprint density at radius 2 is 1.88 bits per heavy atom. The number of thiophene rings is 1. The standard InChI is InChI=1S/C21H26N2O2S/c1-3-17-13-19(26-15(17)2)21(25)23-11-9-18(10-12-23)20(24)22-14-16-7-5-4-6-8-16/h4-8,13,18H,3,9-12,14H2,1-2H3,(H,22,24). The average molecular weight is 371 g/mol. The second-order valence-corrected chi connectivity index (χ2v) is 8.07. The minimum atomic E-state index is -0.000892. The number of hydrogen-bond donors (Lipinski definition) is 1. The number of rotatable bonds is 5. The lowest BCUT2D eigenvalue weighted by Crippen LogP contribution is -2.42. The van der Waals surface area contributed by atoms with Crippen LogP contribution in [0, 0.1) is 12.8 Å². The van der Waals surface area contributed by atoms with E-state index in [-0.39, 0.29) is 17.7 Å². The Bertz CT molecular complexity index is 762. The summed E-state index contributed by atoms with van der Waals surface area (Å²) in [6, 6.07) is 12.0. The molecular weight excluding hydrogens is 344 g/mol. The molecule has 1 aliphatic rings. The highest BCUT2D eigenvalue weighted by atomic mass is 32.1. The van der Waals surface area contributed by atoms with Crippen LogP contribution in [0.25, 0.3) is 0 Å². The van der Waals surface area contributed by atoms with Crippen LogP contribution in [0.4, 0.5) is 0 Å². The maximum absolute atomic E-state index is 12.7. The number of benzene rings is 1. The van der Waals surface area contributed by atoms with Gasteiger partial charge in [-0.3, -0.25) is 9.59 Å². The van der Waals surface area contributed by atoms with Gasteiger partial charge in [-0.2, -0.15) is 0 Å². The quantitative estimate of drug-likeness (QED) is 0.871. The van der Waals surface area contributed by atoms with Crippen molar-refractivity contribution in [1.29, 1.82) is 0 Å². The molecule has 0 bridgehead atoms. The second kappa shape index (κ2) is 8.49. The van der Waals surface area contributed by atoms with Crippen LogP contribution in [-0.2, 0) is 17.8 Å². The Balaban J connectivity index is 1.50. The molecule has 138 valence electrons. The molecule has 2 amide bonds. The number of carbonyl (C=O) groups excluding carboxylic acids is 2. The monoisotopic (exact) mass is 370 g/mol. The first kappa shape index (κ1) is 18.6. The smallest absolute Gasteiger partial charge is 0.263 e. The summed E-state index contributed by atoms with van der Waals surface area (Å²) in [5.74, 6) is 0.209. The average Bonchev–Trinajstić information content (AvgIpc) is 3.07. The fourth-order valence-corrected chi connectivity index (χ4v) is 4.49. The predicted octanol–water partition coefficient (Wildman–Crippen LogP) is 3.79. The van der Waals surface area contributed by atoms with E-state index in [4.69, 9.17) is 0 Å². The molecule has 1 aliphatic heterocycles. The van der Waals surface area contributed by atoms with Crippen LogP contribution in [0.15, 0.2) is 36.4 Å². The molecule has 3 rings (SSSR count). The van der Waals surface area contributed by atoms with E-state index < -0.39 is 0 Å². The Morgan fingerprint density at radius 1 is 1.19 bits per heavy atom. The Labute approximate surface area is 159 Å². The first-order chi connectivity index (χ1) is 12.6. The van der Waals surface area contributed by atoms with Gasteiger partial charge in [-0.15, -0.1) is 11.3 Å². The molecule has 1 saturated heterocycles. The number of amides is 2. The number of nitrogens with zero attached hydrogens (tertiary/aromatic N) is 1. The number of piperidine rings is 1. The third-order valence-corrected chi connectivity index (χ3v) is 6.16. The molecule has 1 N–H and O–H groups in total. The van der Waals surface area contributed by atoms with Crippen molar-refractivity contribution in [1.82, 2.24) is 10.2 Å². The summed E-state index contributed by atoms with van der Waals surface area (Å²) in [5, 5.41) is 3.02. The molecule has 1 aromatic heterocycles. The van der Waals surface area contributed by atoms with Crippen LogP contribution in [-0.4, -0.2) is 29.8 Å². The van der Waals surface area contributed by atoms with Gasteiger partial charge in [0.1, 0.15) is 0 Å². The topological polar surface area (TPSA) is 49.4 Å². The van der Waals surface area contributed by atoms with E-state index in [0.717, 1.165) is 29.7 Å². The van der Waals surface area contributed by atoms with Crippen LogP contribution in [0.1, 0.15) is 45.4 Å². The lowest BCUT2D eigenvalue weighted by Gasteiger charge is -2.31. The molecule has 5 heteroatoms. The SMILES string of the molecule is CCc1cc(C(=O)N2CCC(C(=O)NCc3ccccc3)CC2)sc1C. The Kier molecular flexibility index (Phi) is 6.09. The molecule has 0 spiro atoms. The highest BCUT2D eigenvalue weighted by molar-refractivity contribution is 7.14. The van der Waals surface area contributed by atoms with Gasteiger partial charge in [0.05, 0.1) is 4.88 Å². The maximum Gasteiger partial charge on any atom is 0.263 e. The summed E-state index contributed by atoms with van der Waals surface area (Å²) in [4.78, 5) is 29.0. The van der Waals surface area contributed by atoms with Gasteiger partial charge in [-0.05, 0) is 43.4 Å². The largest absolute Gasteiger partial charge is 0.352 e. The van der Waals surface area contributed by atoms with Crippen molar-refractivity contribution in [3.05, 3.63) is 57.3 Å². The van der Waals surface area contributed by atoms with Crippen LogP contribution in [0.3, 0.4) is 0 Å². The Hall–Kier alpha value is -2.14. The molecule has 1 aromatic carbocycles. The van der Waals surface area contributed by atoms with E-state index >= 15 is 0 Å². The van der Waals surface area contributed by atoms with Crippen molar-refractivity contribution in [3.63, 3.8) is 0 Å². The summed E-state index contributed by atoms with van der Waals surface area (Å²) in [6.45, 7) is 6.06. The van der Waals surface area contributed by atoms with E-state index in [1.165, 1.54) is 10.4 Å². The molecular formula is C21H26N2O2S. The van der Waals surface area contributed by atoms with Crippen LogP contribution < -0.4 is 5.32 Å².